The monoisotopic (exact) mass is 241 g/mol. The van der Waals surface area contributed by atoms with Crippen molar-refractivity contribution in [2.75, 3.05) is 25.2 Å². The van der Waals surface area contributed by atoms with Crippen LogP contribution in [0.2, 0.25) is 0 Å². The maximum atomic E-state index is 11.5. The lowest BCUT2D eigenvalue weighted by molar-refractivity contribution is 0.0976. The number of nitrogens with zero attached hydrogens (tertiary/aromatic N) is 1. The van der Waals surface area contributed by atoms with E-state index >= 15 is 0 Å². The lowest BCUT2D eigenvalue weighted by Gasteiger charge is -2.23. The van der Waals surface area contributed by atoms with Gasteiger partial charge in [0, 0.05) is 5.69 Å². The Morgan fingerprint density at radius 2 is 2.00 bits per heavy atom. The number of aliphatic hydroxyl groups excluding tert-OH is 2. The number of benzene rings is 1. The van der Waals surface area contributed by atoms with Gasteiger partial charge in [0.2, 0.25) is 0 Å². The summed E-state index contributed by atoms with van der Waals surface area (Å²) in [5.41, 5.74) is 0.460. The molecule has 1 unspecified atom stereocenters. The van der Waals surface area contributed by atoms with Gasteiger partial charge in [-0.3, -0.25) is 4.90 Å². The van der Waals surface area contributed by atoms with Gasteiger partial charge in [0.1, 0.15) is 5.75 Å². The van der Waals surface area contributed by atoms with Crippen molar-refractivity contribution in [3.8, 4) is 5.75 Å². The summed E-state index contributed by atoms with van der Waals surface area (Å²) in [4.78, 5) is 12.7. The highest BCUT2D eigenvalue weighted by atomic mass is 16.5. The number of aliphatic hydroxyl groups is 2. The molecule has 0 aliphatic heterocycles. The lowest BCUT2D eigenvalue weighted by atomic mass is 10.2. The van der Waals surface area contributed by atoms with Gasteiger partial charge in [-0.1, -0.05) is 0 Å². The van der Waals surface area contributed by atoms with E-state index in [1.165, 1.54) is 36.3 Å². The maximum absolute atomic E-state index is 11.5. The molecule has 0 fully saturated rings. The normalized spacial score (nSPS) is 11.9. The van der Waals surface area contributed by atoms with Crippen molar-refractivity contribution in [1.82, 2.24) is 0 Å². The molecule has 1 rings (SSSR count). The fourth-order valence-corrected chi connectivity index (χ4v) is 1.30. The summed E-state index contributed by atoms with van der Waals surface area (Å²) in [6.07, 6.45) is -1.70. The molecule has 0 aromatic heterocycles. The predicted molar refractivity (Wildman–Crippen MR) is 61.0 cm³/mol. The molecule has 0 bridgehead atoms. The standard InChI is InChI=1S/C11H15NO5/c1-17-11(16)12(6-10(15)7-13)8-2-4-9(14)5-3-8/h2-5,10,13-15H,6-7H2,1H3. The van der Waals surface area contributed by atoms with Gasteiger partial charge in [-0.2, -0.15) is 0 Å². The van der Waals surface area contributed by atoms with Crippen LogP contribution in [-0.2, 0) is 4.74 Å². The molecule has 0 radical (unpaired) electrons. The number of amides is 1. The zero-order valence-electron chi connectivity index (χ0n) is 9.41. The first-order valence-corrected chi connectivity index (χ1v) is 5.02. The summed E-state index contributed by atoms with van der Waals surface area (Å²) in [7, 11) is 1.22. The highest BCUT2D eigenvalue weighted by molar-refractivity contribution is 5.87. The van der Waals surface area contributed by atoms with Gasteiger partial charge in [0.05, 0.1) is 26.4 Å². The molecule has 3 N–H and O–H groups in total. The third kappa shape index (κ3) is 3.61. The number of hydrogen-bond acceptors (Lipinski definition) is 5. The number of hydrogen-bond donors (Lipinski definition) is 3. The van der Waals surface area contributed by atoms with Crippen LogP contribution >= 0.6 is 0 Å². The van der Waals surface area contributed by atoms with Crippen molar-refractivity contribution in [2.45, 2.75) is 6.10 Å². The predicted octanol–water partition coefficient (Wildman–Crippen LogP) is 0.318. The summed E-state index contributed by atoms with van der Waals surface area (Å²) in [6.45, 7) is -0.542. The highest BCUT2D eigenvalue weighted by Crippen LogP contribution is 2.19. The molecule has 1 amide bonds. The van der Waals surface area contributed by atoms with Gasteiger partial charge in [-0.15, -0.1) is 0 Å². The second-order valence-corrected chi connectivity index (χ2v) is 3.43. The van der Waals surface area contributed by atoms with Crippen molar-refractivity contribution < 1.29 is 24.9 Å². The molecule has 94 valence electrons. The van der Waals surface area contributed by atoms with Gasteiger partial charge >= 0.3 is 6.09 Å². The fraction of sp³-hybridized carbons (Fsp3) is 0.364. The smallest absolute Gasteiger partial charge is 0.414 e. The quantitative estimate of drug-likeness (QED) is 0.706. The molecular weight excluding hydrogens is 226 g/mol. The van der Waals surface area contributed by atoms with Crippen LogP contribution in [0.3, 0.4) is 0 Å². The van der Waals surface area contributed by atoms with E-state index in [0.29, 0.717) is 5.69 Å². The van der Waals surface area contributed by atoms with E-state index in [-0.39, 0.29) is 12.3 Å². The Hall–Kier alpha value is -1.79. The molecular formula is C11H15NO5. The average Bonchev–Trinajstić information content (AvgIpc) is 2.36. The van der Waals surface area contributed by atoms with E-state index in [2.05, 4.69) is 4.74 Å². The first-order valence-electron chi connectivity index (χ1n) is 5.02. The first kappa shape index (κ1) is 13.3. The number of carbonyl (C=O) groups excluding carboxylic acids is 1. The van der Waals surface area contributed by atoms with Crippen LogP contribution in [0.15, 0.2) is 24.3 Å². The number of ether oxygens (including phenoxy) is 1. The minimum Gasteiger partial charge on any atom is -0.508 e. The van der Waals surface area contributed by atoms with Crippen LogP contribution in [0, 0.1) is 0 Å². The summed E-state index contributed by atoms with van der Waals surface area (Å²) in [5, 5.41) is 27.2. The van der Waals surface area contributed by atoms with Crippen molar-refractivity contribution in [3.63, 3.8) is 0 Å². The van der Waals surface area contributed by atoms with Gasteiger partial charge in [0.15, 0.2) is 0 Å². The zero-order valence-corrected chi connectivity index (χ0v) is 9.41. The molecule has 0 heterocycles. The average molecular weight is 241 g/mol. The first-order chi connectivity index (χ1) is 8.08. The summed E-state index contributed by atoms with van der Waals surface area (Å²) >= 11 is 0. The molecule has 6 nitrogen and oxygen atoms in total. The summed E-state index contributed by atoms with van der Waals surface area (Å²) < 4.78 is 4.57. The van der Waals surface area contributed by atoms with Crippen molar-refractivity contribution in [2.24, 2.45) is 0 Å². The second-order valence-electron chi connectivity index (χ2n) is 3.43. The third-order valence-electron chi connectivity index (χ3n) is 2.16. The van der Waals surface area contributed by atoms with Crippen LogP contribution in [0.4, 0.5) is 10.5 Å². The molecule has 6 heteroatoms. The SMILES string of the molecule is COC(=O)N(CC(O)CO)c1ccc(O)cc1. The fourth-order valence-electron chi connectivity index (χ4n) is 1.30. The Labute approximate surface area is 98.7 Å². The molecule has 1 atom stereocenters. The molecule has 1 aromatic carbocycles. The topological polar surface area (TPSA) is 90.2 Å². The van der Waals surface area contributed by atoms with E-state index in [0.717, 1.165) is 0 Å². The number of anilines is 1. The third-order valence-corrected chi connectivity index (χ3v) is 2.16. The van der Waals surface area contributed by atoms with Crippen molar-refractivity contribution in [3.05, 3.63) is 24.3 Å². The Morgan fingerprint density at radius 3 is 2.47 bits per heavy atom. The van der Waals surface area contributed by atoms with E-state index < -0.39 is 18.8 Å². The molecule has 1 aromatic rings. The number of phenols is 1. The maximum Gasteiger partial charge on any atom is 0.414 e. The number of rotatable bonds is 4. The van der Waals surface area contributed by atoms with Gasteiger partial charge in [0.25, 0.3) is 0 Å². The number of methoxy groups -OCH3 is 1. The molecule has 0 aliphatic carbocycles. The summed E-state index contributed by atoms with van der Waals surface area (Å²) in [6, 6.07) is 5.85. The minimum atomic E-state index is -1.05. The summed E-state index contributed by atoms with van der Waals surface area (Å²) in [5.74, 6) is 0.0706. The van der Waals surface area contributed by atoms with Crippen molar-refractivity contribution in [1.29, 1.82) is 0 Å². The number of aromatic hydroxyl groups is 1. The van der Waals surface area contributed by atoms with E-state index in [1.807, 2.05) is 0 Å². The van der Waals surface area contributed by atoms with Gasteiger partial charge < -0.3 is 20.1 Å². The van der Waals surface area contributed by atoms with E-state index in [4.69, 9.17) is 10.2 Å². The Balaban J connectivity index is 2.89. The number of carbonyl (C=O) groups is 1. The Bertz CT molecular complexity index is 365. The van der Waals surface area contributed by atoms with Gasteiger partial charge in [-0.25, -0.2) is 4.79 Å². The van der Waals surface area contributed by atoms with Crippen LogP contribution < -0.4 is 4.90 Å². The molecule has 0 saturated heterocycles. The molecule has 0 spiro atoms. The second kappa shape index (κ2) is 6.07. The van der Waals surface area contributed by atoms with Gasteiger partial charge in [-0.05, 0) is 24.3 Å². The lowest BCUT2D eigenvalue weighted by Crippen LogP contribution is -2.38. The van der Waals surface area contributed by atoms with E-state index in [9.17, 15) is 9.90 Å². The van der Waals surface area contributed by atoms with Crippen LogP contribution in [0.25, 0.3) is 0 Å². The Kier molecular flexibility index (Phi) is 4.74. The molecule has 17 heavy (non-hydrogen) atoms. The van der Waals surface area contributed by atoms with Crippen molar-refractivity contribution >= 4 is 11.8 Å². The molecule has 0 saturated carbocycles. The van der Waals surface area contributed by atoms with E-state index in [1.54, 1.807) is 0 Å². The van der Waals surface area contributed by atoms with Crippen LogP contribution in [-0.4, -0.2) is 47.8 Å². The Morgan fingerprint density at radius 1 is 1.41 bits per heavy atom. The van der Waals surface area contributed by atoms with Crippen LogP contribution in [0.5, 0.6) is 5.75 Å². The van der Waals surface area contributed by atoms with Crippen LogP contribution in [0.1, 0.15) is 0 Å². The largest absolute Gasteiger partial charge is 0.508 e. The molecule has 0 aliphatic rings. The minimum absolute atomic E-state index is 0.0706. The zero-order chi connectivity index (χ0) is 12.8. The number of phenolic OH excluding ortho intramolecular Hbond substituents is 1. The highest BCUT2D eigenvalue weighted by Gasteiger charge is 2.19.